The van der Waals surface area contributed by atoms with Crippen molar-refractivity contribution in [1.82, 2.24) is 4.90 Å². The number of aliphatic carboxylic acids is 1. The fourth-order valence-corrected chi connectivity index (χ4v) is 4.33. The third-order valence-electron chi connectivity index (χ3n) is 5.29. The first kappa shape index (κ1) is 13.9. The molecule has 0 aromatic carbocycles. The Morgan fingerprint density at radius 3 is 2.10 bits per heavy atom. The van der Waals surface area contributed by atoms with E-state index in [1.807, 2.05) is 4.90 Å². The second kappa shape index (κ2) is 5.02. The topological polar surface area (TPSA) is 66.8 Å². The minimum Gasteiger partial charge on any atom is -0.481 e. The fourth-order valence-electron chi connectivity index (χ4n) is 4.33. The molecule has 20 heavy (non-hydrogen) atoms. The smallest absolute Gasteiger partial charge is 0.310 e. The standard InChI is InChI=1S/C15H23NO4/c1-8-4-3-5-9(2)16(8)14(17)12-10-6-7-11(20-10)13(12)15(18)19/h8-13H,3-7H2,1-2H3,(H,18,19)/t8-,9+,10-,11-,12-,13-/m1/s1. The molecular weight excluding hydrogens is 258 g/mol. The molecule has 3 aliphatic rings. The molecule has 3 aliphatic heterocycles. The number of carboxylic acids is 1. The van der Waals surface area contributed by atoms with E-state index in [-0.39, 0.29) is 30.2 Å². The molecule has 0 aromatic rings. The van der Waals surface area contributed by atoms with E-state index in [1.165, 1.54) is 0 Å². The van der Waals surface area contributed by atoms with Crippen molar-refractivity contribution in [3.63, 3.8) is 0 Å². The van der Waals surface area contributed by atoms with Crippen LogP contribution in [-0.2, 0) is 14.3 Å². The molecule has 0 saturated carbocycles. The highest BCUT2D eigenvalue weighted by atomic mass is 16.5. The number of likely N-dealkylation sites (tertiary alicyclic amines) is 1. The van der Waals surface area contributed by atoms with Gasteiger partial charge in [-0.15, -0.1) is 0 Å². The summed E-state index contributed by atoms with van der Waals surface area (Å²) in [5, 5.41) is 9.43. The monoisotopic (exact) mass is 281 g/mol. The molecule has 0 radical (unpaired) electrons. The average Bonchev–Trinajstić information content (AvgIpc) is 2.98. The van der Waals surface area contributed by atoms with E-state index < -0.39 is 17.8 Å². The van der Waals surface area contributed by atoms with Crippen molar-refractivity contribution in [2.24, 2.45) is 11.8 Å². The summed E-state index contributed by atoms with van der Waals surface area (Å²) in [4.78, 5) is 26.3. The van der Waals surface area contributed by atoms with Crippen LogP contribution in [0.1, 0.15) is 46.0 Å². The SMILES string of the molecule is C[C@@H]1CCC[C@H](C)N1C(=O)[C@H]1[C@H](C(=O)O)[C@H]2CC[C@H]1O2. The highest BCUT2D eigenvalue weighted by Crippen LogP contribution is 2.45. The lowest BCUT2D eigenvalue weighted by Gasteiger charge is -2.42. The van der Waals surface area contributed by atoms with Crippen molar-refractivity contribution >= 4 is 11.9 Å². The van der Waals surface area contributed by atoms with Gasteiger partial charge in [0.15, 0.2) is 0 Å². The van der Waals surface area contributed by atoms with Gasteiger partial charge < -0.3 is 14.7 Å². The largest absolute Gasteiger partial charge is 0.481 e. The summed E-state index contributed by atoms with van der Waals surface area (Å²) in [6.07, 6.45) is 4.31. The second-order valence-corrected chi connectivity index (χ2v) is 6.55. The molecule has 5 nitrogen and oxygen atoms in total. The van der Waals surface area contributed by atoms with E-state index in [9.17, 15) is 14.7 Å². The zero-order valence-corrected chi connectivity index (χ0v) is 12.1. The zero-order chi connectivity index (χ0) is 14.4. The van der Waals surface area contributed by atoms with Crippen LogP contribution in [0, 0.1) is 11.8 Å². The quantitative estimate of drug-likeness (QED) is 0.836. The molecule has 0 spiro atoms. The average molecular weight is 281 g/mol. The van der Waals surface area contributed by atoms with Gasteiger partial charge >= 0.3 is 5.97 Å². The maximum atomic E-state index is 12.9. The fraction of sp³-hybridized carbons (Fsp3) is 0.867. The van der Waals surface area contributed by atoms with Crippen molar-refractivity contribution in [3.05, 3.63) is 0 Å². The van der Waals surface area contributed by atoms with E-state index in [4.69, 9.17) is 4.74 Å². The molecule has 3 rings (SSSR count). The van der Waals surface area contributed by atoms with Gasteiger partial charge in [0.1, 0.15) is 0 Å². The van der Waals surface area contributed by atoms with Crippen LogP contribution < -0.4 is 0 Å². The first-order valence-corrected chi connectivity index (χ1v) is 7.71. The molecule has 3 saturated heterocycles. The first-order valence-electron chi connectivity index (χ1n) is 7.71. The Bertz CT molecular complexity index is 414. The second-order valence-electron chi connectivity index (χ2n) is 6.55. The summed E-state index contributed by atoms with van der Waals surface area (Å²) in [5.74, 6) is -2.01. The number of hydrogen-bond acceptors (Lipinski definition) is 3. The van der Waals surface area contributed by atoms with Crippen LogP contribution in [-0.4, -0.2) is 46.2 Å². The minimum atomic E-state index is -0.882. The number of fused-ring (bicyclic) bond motifs is 2. The van der Waals surface area contributed by atoms with E-state index in [2.05, 4.69) is 13.8 Å². The lowest BCUT2D eigenvalue weighted by atomic mass is 9.77. The van der Waals surface area contributed by atoms with Gasteiger partial charge in [-0.1, -0.05) is 0 Å². The molecule has 0 aliphatic carbocycles. The van der Waals surface area contributed by atoms with Gasteiger partial charge in [0, 0.05) is 12.1 Å². The van der Waals surface area contributed by atoms with Crippen LogP contribution in [0.4, 0.5) is 0 Å². The van der Waals surface area contributed by atoms with E-state index >= 15 is 0 Å². The third-order valence-corrected chi connectivity index (χ3v) is 5.29. The number of carboxylic acid groups (broad SMARTS) is 1. The molecular formula is C15H23NO4. The summed E-state index contributed by atoms with van der Waals surface area (Å²) in [7, 11) is 0. The van der Waals surface area contributed by atoms with Gasteiger partial charge in [-0.2, -0.15) is 0 Å². The Morgan fingerprint density at radius 1 is 1.00 bits per heavy atom. The maximum Gasteiger partial charge on any atom is 0.310 e. The minimum absolute atomic E-state index is 0.00398. The Labute approximate surface area is 119 Å². The van der Waals surface area contributed by atoms with Gasteiger partial charge in [-0.05, 0) is 46.0 Å². The predicted octanol–water partition coefficient (Wildman–Crippen LogP) is 1.65. The number of nitrogens with zero attached hydrogens (tertiary/aromatic N) is 1. The van der Waals surface area contributed by atoms with E-state index in [0.29, 0.717) is 0 Å². The normalized spacial score (nSPS) is 43.8. The molecule has 0 unspecified atom stereocenters. The van der Waals surface area contributed by atoms with Gasteiger partial charge in [0.2, 0.25) is 5.91 Å². The Morgan fingerprint density at radius 2 is 1.55 bits per heavy atom. The third kappa shape index (κ3) is 2.03. The van der Waals surface area contributed by atoms with Crippen LogP contribution in [0.5, 0.6) is 0 Å². The van der Waals surface area contributed by atoms with Gasteiger partial charge in [-0.25, -0.2) is 0 Å². The van der Waals surface area contributed by atoms with Crippen molar-refractivity contribution in [2.45, 2.75) is 70.2 Å². The van der Waals surface area contributed by atoms with E-state index in [0.717, 1.165) is 32.1 Å². The number of hydrogen-bond donors (Lipinski definition) is 1. The molecule has 6 atom stereocenters. The molecule has 3 fully saturated rings. The van der Waals surface area contributed by atoms with Crippen molar-refractivity contribution in [1.29, 1.82) is 0 Å². The summed E-state index contributed by atoms with van der Waals surface area (Å²) in [5.41, 5.74) is 0. The molecule has 5 heteroatoms. The van der Waals surface area contributed by atoms with Crippen LogP contribution in [0.15, 0.2) is 0 Å². The van der Waals surface area contributed by atoms with Crippen LogP contribution in [0.3, 0.4) is 0 Å². The van der Waals surface area contributed by atoms with Crippen LogP contribution in [0.25, 0.3) is 0 Å². The number of amides is 1. The first-order chi connectivity index (χ1) is 9.50. The van der Waals surface area contributed by atoms with Gasteiger partial charge in [0.05, 0.1) is 24.0 Å². The summed E-state index contributed by atoms with van der Waals surface area (Å²) in [6, 6.07) is 0.416. The Kier molecular flexibility index (Phi) is 3.48. The molecule has 3 heterocycles. The zero-order valence-electron chi connectivity index (χ0n) is 12.1. The van der Waals surface area contributed by atoms with Crippen LogP contribution >= 0.6 is 0 Å². The van der Waals surface area contributed by atoms with Crippen molar-refractivity contribution in [3.8, 4) is 0 Å². The predicted molar refractivity (Wildman–Crippen MR) is 72.1 cm³/mol. The summed E-state index contributed by atoms with van der Waals surface area (Å²) >= 11 is 0. The number of piperidine rings is 1. The van der Waals surface area contributed by atoms with Gasteiger partial charge in [-0.3, -0.25) is 9.59 Å². The highest BCUT2D eigenvalue weighted by molar-refractivity contribution is 5.87. The number of ether oxygens (including phenoxy) is 1. The molecule has 0 aromatic heterocycles. The Balaban J connectivity index is 1.83. The number of rotatable bonds is 2. The lowest BCUT2D eigenvalue weighted by molar-refractivity contribution is -0.153. The lowest BCUT2D eigenvalue weighted by Crippen LogP contribution is -2.53. The van der Waals surface area contributed by atoms with E-state index in [1.54, 1.807) is 0 Å². The van der Waals surface area contributed by atoms with Gasteiger partial charge in [0.25, 0.3) is 0 Å². The molecule has 1 N–H and O–H groups in total. The maximum absolute atomic E-state index is 12.9. The molecule has 1 amide bonds. The number of carbonyl (C=O) groups excluding carboxylic acids is 1. The van der Waals surface area contributed by atoms with Crippen LogP contribution in [0.2, 0.25) is 0 Å². The highest BCUT2D eigenvalue weighted by Gasteiger charge is 2.57. The summed E-state index contributed by atoms with van der Waals surface area (Å²) in [6.45, 7) is 4.13. The van der Waals surface area contributed by atoms with Crippen molar-refractivity contribution < 1.29 is 19.4 Å². The summed E-state index contributed by atoms with van der Waals surface area (Å²) < 4.78 is 5.71. The van der Waals surface area contributed by atoms with Crippen molar-refractivity contribution in [2.75, 3.05) is 0 Å². The molecule has 112 valence electrons. The number of carbonyl (C=O) groups is 2. The molecule has 2 bridgehead atoms. The Hall–Kier alpha value is -1.10.